The van der Waals surface area contributed by atoms with Gasteiger partial charge in [-0.2, -0.15) is 5.10 Å². The summed E-state index contributed by atoms with van der Waals surface area (Å²) in [6.07, 6.45) is 4.10. The number of ketones is 1. The molecule has 152 valence electrons. The second-order valence-electron chi connectivity index (χ2n) is 7.56. The standard InChI is InChI=1S/C21H17F2N5O2/c1-9-17(13-6-24-27-20(13)18(10(2)29)19(9)23)11-3-4-16-25-15(8-28(16)7-11)26-21(30)12-5-14(12)22/h3-4,6-8,12,14H,5H2,1-2H3,(H,24,27)(H,26,30)/t12-,14+/m1/s1. The molecule has 2 N–H and O–H groups in total. The third kappa shape index (κ3) is 2.77. The van der Waals surface area contributed by atoms with E-state index in [1.807, 2.05) is 0 Å². The van der Waals surface area contributed by atoms with Crippen molar-refractivity contribution in [2.75, 3.05) is 5.32 Å². The number of anilines is 1. The van der Waals surface area contributed by atoms with Gasteiger partial charge < -0.3 is 9.72 Å². The Labute approximate surface area is 169 Å². The maximum absolute atomic E-state index is 15.0. The number of nitrogens with one attached hydrogen (secondary N) is 2. The number of aromatic nitrogens is 4. The Hall–Kier alpha value is -3.62. The van der Waals surface area contributed by atoms with Crippen molar-refractivity contribution in [1.82, 2.24) is 19.6 Å². The number of amides is 1. The van der Waals surface area contributed by atoms with Crippen molar-refractivity contribution >= 4 is 34.1 Å². The summed E-state index contributed by atoms with van der Waals surface area (Å²) in [7, 11) is 0. The number of imidazole rings is 1. The van der Waals surface area contributed by atoms with E-state index in [1.165, 1.54) is 6.92 Å². The van der Waals surface area contributed by atoms with Crippen LogP contribution in [0.5, 0.6) is 0 Å². The molecule has 0 radical (unpaired) electrons. The maximum Gasteiger partial charge on any atom is 0.231 e. The molecule has 2 atom stereocenters. The summed E-state index contributed by atoms with van der Waals surface area (Å²) in [6, 6.07) is 3.52. The van der Waals surface area contributed by atoms with Crippen LogP contribution in [-0.2, 0) is 4.79 Å². The molecular formula is C21H17F2N5O2. The second-order valence-corrected chi connectivity index (χ2v) is 7.56. The van der Waals surface area contributed by atoms with Gasteiger partial charge in [-0.1, -0.05) is 0 Å². The molecule has 30 heavy (non-hydrogen) atoms. The fourth-order valence-electron chi connectivity index (χ4n) is 3.83. The van der Waals surface area contributed by atoms with Gasteiger partial charge in [0.1, 0.15) is 17.6 Å². The molecule has 0 spiro atoms. The number of H-pyrrole nitrogens is 1. The molecule has 1 aliphatic carbocycles. The summed E-state index contributed by atoms with van der Waals surface area (Å²) >= 11 is 0. The third-order valence-electron chi connectivity index (χ3n) is 5.47. The first-order chi connectivity index (χ1) is 14.3. The Kier molecular flexibility index (Phi) is 3.96. The summed E-state index contributed by atoms with van der Waals surface area (Å²) in [4.78, 5) is 28.2. The Bertz CT molecular complexity index is 1360. The number of Topliss-reactive ketones (excluding diaryl/α,β-unsaturated/α-hetero) is 1. The normalized spacial score (nSPS) is 18.1. The van der Waals surface area contributed by atoms with Crippen LogP contribution in [0.1, 0.15) is 29.3 Å². The fraction of sp³-hybridized carbons (Fsp3) is 0.238. The van der Waals surface area contributed by atoms with E-state index in [1.54, 1.807) is 42.0 Å². The first kappa shape index (κ1) is 18.4. The lowest BCUT2D eigenvalue weighted by atomic mass is 9.93. The quantitative estimate of drug-likeness (QED) is 0.501. The van der Waals surface area contributed by atoms with Gasteiger partial charge in [0.05, 0.1) is 29.4 Å². The molecule has 4 aromatic rings. The van der Waals surface area contributed by atoms with Crippen molar-refractivity contribution in [2.45, 2.75) is 26.4 Å². The Morgan fingerprint density at radius 2 is 2.07 bits per heavy atom. The van der Waals surface area contributed by atoms with Crippen LogP contribution in [0.4, 0.5) is 14.6 Å². The molecule has 0 unspecified atom stereocenters. The molecule has 5 rings (SSSR count). The van der Waals surface area contributed by atoms with Gasteiger partial charge in [0.15, 0.2) is 11.6 Å². The van der Waals surface area contributed by atoms with Crippen LogP contribution in [-0.4, -0.2) is 37.4 Å². The first-order valence-electron chi connectivity index (χ1n) is 9.45. The van der Waals surface area contributed by atoms with E-state index in [4.69, 9.17) is 0 Å². The molecule has 3 heterocycles. The second kappa shape index (κ2) is 6.45. The lowest BCUT2D eigenvalue weighted by molar-refractivity contribution is -0.117. The van der Waals surface area contributed by atoms with Crippen molar-refractivity contribution in [1.29, 1.82) is 0 Å². The molecule has 1 saturated carbocycles. The van der Waals surface area contributed by atoms with Crippen LogP contribution in [0.25, 0.3) is 27.7 Å². The van der Waals surface area contributed by atoms with Gasteiger partial charge >= 0.3 is 0 Å². The number of aromatic amines is 1. The highest BCUT2D eigenvalue weighted by Gasteiger charge is 2.43. The summed E-state index contributed by atoms with van der Waals surface area (Å²) in [5.74, 6) is -1.64. The first-order valence-corrected chi connectivity index (χ1v) is 9.45. The van der Waals surface area contributed by atoms with Crippen LogP contribution < -0.4 is 5.32 Å². The lowest BCUT2D eigenvalue weighted by Crippen LogP contribution is -2.15. The largest absolute Gasteiger partial charge is 0.309 e. The Morgan fingerprint density at radius 3 is 2.77 bits per heavy atom. The Balaban J connectivity index is 1.60. The number of hydrogen-bond donors (Lipinski definition) is 2. The van der Waals surface area contributed by atoms with Gasteiger partial charge in [0.2, 0.25) is 5.91 Å². The van der Waals surface area contributed by atoms with Gasteiger partial charge in [-0.3, -0.25) is 14.7 Å². The van der Waals surface area contributed by atoms with E-state index in [2.05, 4.69) is 20.5 Å². The minimum Gasteiger partial charge on any atom is -0.309 e. The van der Waals surface area contributed by atoms with Gasteiger partial charge in [0, 0.05) is 17.1 Å². The highest BCUT2D eigenvalue weighted by atomic mass is 19.1. The van der Waals surface area contributed by atoms with E-state index in [9.17, 15) is 14.0 Å². The maximum atomic E-state index is 15.0. The highest BCUT2D eigenvalue weighted by Crippen LogP contribution is 2.36. The molecule has 0 aliphatic heterocycles. The number of alkyl halides is 1. The van der Waals surface area contributed by atoms with Crippen LogP contribution in [0, 0.1) is 18.7 Å². The van der Waals surface area contributed by atoms with E-state index in [0.717, 1.165) is 0 Å². The number of benzene rings is 1. The van der Waals surface area contributed by atoms with Crippen molar-refractivity contribution in [3.8, 4) is 11.1 Å². The molecule has 9 heteroatoms. The van der Waals surface area contributed by atoms with E-state index >= 15 is 4.39 Å². The minimum atomic E-state index is -1.08. The average Bonchev–Trinajstić information content (AvgIpc) is 3.08. The number of rotatable bonds is 4. The fourth-order valence-corrected chi connectivity index (χ4v) is 3.83. The summed E-state index contributed by atoms with van der Waals surface area (Å²) in [6.45, 7) is 2.94. The highest BCUT2D eigenvalue weighted by molar-refractivity contribution is 6.10. The van der Waals surface area contributed by atoms with Crippen molar-refractivity contribution in [3.63, 3.8) is 0 Å². The predicted octanol–water partition coefficient (Wildman–Crippen LogP) is 3.82. The zero-order valence-electron chi connectivity index (χ0n) is 16.2. The lowest BCUT2D eigenvalue weighted by Gasteiger charge is -2.12. The monoisotopic (exact) mass is 409 g/mol. The number of fused-ring (bicyclic) bond motifs is 2. The molecule has 1 amide bonds. The molecule has 3 aromatic heterocycles. The third-order valence-corrected chi connectivity index (χ3v) is 5.47. The Morgan fingerprint density at radius 1 is 1.30 bits per heavy atom. The number of halogens is 2. The molecule has 0 saturated heterocycles. The SMILES string of the molecule is CC(=O)c1c(F)c(C)c(-c2ccc3nc(NC(=O)[C@@H]4C[C@@H]4F)cn3c2)c2cn[nH]c12. The van der Waals surface area contributed by atoms with Crippen LogP contribution in [0.3, 0.4) is 0 Å². The van der Waals surface area contributed by atoms with E-state index in [-0.39, 0.29) is 23.7 Å². The molecular weight excluding hydrogens is 392 g/mol. The zero-order chi connectivity index (χ0) is 21.2. The number of hydrogen-bond acceptors (Lipinski definition) is 4. The predicted molar refractivity (Wildman–Crippen MR) is 107 cm³/mol. The number of carbonyl (C=O) groups is 2. The molecule has 7 nitrogen and oxygen atoms in total. The van der Waals surface area contributed by atoms with Crippen LogP contribution in [0.15, 0.2) is 30.7 Å². The number of nitrogens with zero attached hydrogens (tertiary/aromatic N) is 3. The molecule has 1 aliphatic rings. The van der Waals surface area contributed by atoms with Crippen molar-refractivity contribution < 1.29 is 18.4 Å². The molecule has 1 aromatic carbocycles. The van der Waals surface area contributed by atoms with Gasteiger partial charge in [0.25, 0.3) is 0 Å². The van der Waals surface area contributed by atoms with Crippen molar-refractivity contribution in [3.05, 3.63) is 47.7 Å². The van der Waals surface area contributed by atoms with Gasteiger partial charge in [-0.05, 0) is 43.5 Å². The summed E-state index contributed by atoms with van der Waals surface area (Å²) < 4.78 is 29.8. The molecule has 0 bridgehead atoms. The zero-order valence-corrected chi connectivity index (χ0v) is 16.2. The van der Waals surface area contributed by atoms with Crippen LogP contribution >= 0.6 is 0 Å². The molecule has 1 fully saturated rings. The minimum absolute atomic E-state index is 0.0105. The van der Waals surface area contributed by atoms with Gasteiger partial charge in [-0.15, -0.1) is 0 Å². The number of pyridine rings is 1. The average molecular weight is 409 g/mol. The topological polar surface area (TPSA) is 92.2 Å². The van der Waals surface area contributed by atoms with Crippen molar-refractivity contribution in [2.24, 2.45) is 5.92 Å². The van der Waals surface area contributed by atoms with Crippen LogP contribution in [0.2, 0.25) is 0 Å². The summed E-state index contributed by atoms with van der Waals surface area (Å²) in [5.41, 5.74) is 2.56. The number of carbonyl (C=O) groups excluding carboxylic acids is 2. The summed E-state index contributed by atoms with van der Waals surface area (Å²) in [5, 5.41) is 9.98. The smallest absolute Gasteiger partial charge is 0.231 e. The van der Waals surface area contributed by atoms with Gasteiger partial charge in [-0.25, -0.2) is 13.8 Å². The van der Waals surface area contributed by atoms with E-state index in [0.29, 0.717) is 39.1 Å². The van der Waals surface area contributed by atoms with E-state index < -0.39 is 17.9 Å².